The van der Waals surface area contributed by atoms with Crippen molar-refractivity contribution < 1.29 is 22.6 Å². The van der Waals surface area contributed by atoms with Gasteiger partial charge in [-0.15, -0.1) is 0 Å². The van der Waals surface area contributed by atoms with Crippen LogP contribution in [0.5, 0.6) is 0 Å². The van der Waals surface area contributed by atoms with E-state index in [4.69, 9.17) is 13.6 Å². The number of fused-ring (bicyclic) bond motifs is 2. The number of rotatable bonds is 18. The first kappa shape index (κ1) is 28.3. The van der Waals surface area contributed by atoms with Crippen LogP contribution in [0.4, 0.5) is 0 Å². The molecule has 0 aromatic heterocycles. The lowest BCUT2D eigenvalue weighted by Crippen LogP contribution is -2.51. The lowest BCUT2D eigenvalue weighted by molar-refractivity contribution is -0.933. The summed E-state index contributed by atoms with van der Waals surface area (Å²) < 4.78 is 31.0. The molecule has 3 unspecified atom stereocenters. The predicted molar refractivity (Wildman–Crippen MR) is 134 cm³/mol. The minimum absolute atomic E-state index is 0.0188. The maximum absolute atomic E-state index is 13.0. The molecule has 0 N–H and O–H groups in total. The van der Waals surface area contributed by atoms with Crippen LogP contribution in [0.3, 0.4) is 0 Å². The Bertz CT molecular complexity index is 528. The van der Waals surface area contributed by atoms with Gasteiger partial charge in [0.1, 0.15) is 0 Å². The van der Waals surface area contributed by atoms with Crippen molar-refractivity contribution in [2.24, 2.45) is 0 Å². The largest absolute Gasteiger partial charge is 0.479 e. The molecule has 2 aliphatic rings. The normalized spacial score (nSPS) is 27.3. The third-order valence-corrected chi connectivity index (χ3v) is 8.84. The minimum atomic E-state index is -3.40. The molecule has 0 aliphatic carbocycles. The van der Waals surface area contributed by atoms with Crippen molar-refractivity contribution in [3.63, 3.8) is 0 Å². The van der Waals surface area contributed by atoms with Gasteiger partial charge >= 0.3 is 7.82 Å². The highest BCUT2D eigenvalue weighted by Crippen LogP contribution is 2.57. The Kier molecular flexibility index (Phi) is 14.0. The van der Waals surface area contributed by atoms with Gasteiger partial charge in [0, 0.05) is 0 Å². The van der Waals surface area contributed by atoms with Gasteiger partial charge in [0.25, 0.3) is 0 Å². The second-order valence-corrected chi connectivity index (χ2v) is 12.3. The zero-order chi connectivity index (χ0) is 23.1. The van der Waals surface area contributed by atoms with Gasteiger partial charge in [0.2, 0.25) is 6.23 Å². The Morgan fingerprint density at radius 2 is 1.28 bits per heavy atom. The topological polar surface area (TPSA) is 44.8 Å². The zero-order valence-electron chi connectivity index (χ0n) is 21.5. The number of hydrogen-bond donors (Lipinski definition) is 0. The molecule has 2 saturated heterocycles. The van der Waals surface area contributed by atoms with Crippen LogP contribution in [-0.4, -0.2) is 44.1 Å². The molecule has 5 nitrogen and oxygen atoms in total. The van der Waals surface area contributed by atoms with Crippen LogP contribution in [0.25, 0.3) is 0 Å². The van der Waals surface area contributed by atoms with E-state index in [1.54, 1.807) is 0 Å². The van der Waals surface area contributed by atoms with Gasteiger partial charge in [0.05, 0.1) is 39.8 Å². The summed E-state index contributed by atoms with van der Waals surface area (Å²) in [5.74, 6) is 0. The highest BCUT2D eigenvalue weighted by molar-refractivity contribution is 7.48. The fourth-order valence-corrected chi connectivity index (χ4v) is 6.73. The Labute approximate surface area is 199 Å². The molecule has 0 aromatic rings. The highest BCUT2D eigenvalue weighted by atomic mass is 31.2. The van der Waals surface area contributed by atoms with E-state index < -0.39 is 7.82 Å². The summed E-state index contributed by atoms with van der Waals surface area (Å²) in [4.78, 5) is 0. The fraction of sp³-hybridized carbons (Fsp3) is 1.00. The second-order valence-electron chi connectivity index (χ2n) is 10.8. The van der Waals surface area contributed by atoms with Gasteiger partial charge in [-0.1, -0.05) is 103 Å². The Morgan fingerprint density at radius 1 is 0.781 bits per heavy atom. The summed E-state index contributed by atoms with van der Waals surface area (Å²) in [6.07, 6.45) is 24.3. The van der Waals surface area contributed by atoms with Crippen LogP contribution < -0.4 is 0 Å². The van der Waals surface area contributed by atoms with Crippen molar-refractivity contribution in [2.75, 3.05) is 27.2 Å². The SMILES string of the molecule is CCCCCCCCCCCCCCCCCCOP1(=O)OC2CCC[N+](C)(C)C(C2)O1. The third-order valence-electron chi connectivity index (χ3n) is 7.28. The molecule has 2 fully saturated rings. The van der Waals surface area contributed by atoms with E-state index in [0.29, 0.717) is 6.61 Å². The van der Waals surface area contributed by atoms with E-state index in [1.807, 2.05) is 0 Å². The molecular formula is C26H53NO4P+. The molecular weight excluding hydrogens is 421 g/mol. The van der Waals surface area contributed by atoms with Crippen LogP contribution in [0.2, 0.25) is 0 Å². The standard InChI is InChI=1S/C26H53NO4P/c1-4-5-6-7-8-9-10-11-12-13-14-15-16-17-18-19-23-29-32(28)30-25-21-20-22-27(2,3)26(24-25)31-32/h25-26H,4-24H2,1-3H3/q+1. The zero-order valence-corrected chi connectivity index (χ0v) is 22.4. The van der Waals surface area contributed by atoms with Crippen molar-refractivity contribution in [1.82, 2.24) is 0 Å². The molecule has 6 heteroatoms. The molecule has 32 heavy (non-hydrogen) atoms. The average molecular weight is 475 g/mol. The first-order chi connectivity index (χ1) is 15.5. The molecule has 0 spiro atoms. The lowest BCUT2D eigenvalue weighted by Gasteiger charge is -2.40. The average Bonchev–Trinajstić information content (AvgIpc) is 2.85. The Balaban J connectivity index is 1.39. The summed E-state index contributed by atoms with van der Waals surface area (Å²) in [5, 5.41) is 0. The molecule has 0 aromatic carbocycles. The number of phosphoric ester groups is 1. The fourth-order valence-electron chi connectivity index (χ4n) is 5.01. The van der Waals surface area contributed by atoms with E-state index >= 15 is 0 Å². The summed E-state index contributed by atoms with van der Waals surface area (Å²) in [6, 6.07) is 0. The number of likely N-dealkylation sites (tertiary alicyclic amines) is 1. The summed E-state index contributed by atoms with van der Waals surface area (Å²) in [6.45, 7) is 3.79. The van der Waals surface area contributed by atoms with Crippen molar-refractivity contribution in [2.45, 2.75) is 141 Å². The lowest BCUT2D eigenvalue weighted by atomic mass is 10.0. The van der Waals surface area contributed by atoms with Crippen molar-refractivity contribution >= 4 is 7.82 Å². The van der Waals surface area contributed by atoms with E-state index in [1.165, 1.54) is 89.9 Å². The van der Waals surface area contributed by atoms with E-state index in [9.17, 15) is 4.57 Å². The molecule has 2 heterocycles. The van der Waals surface area contributed by atoms with Gasteiger partial charge < -0.3 is 4.48 Å². The van der Waals surface area contributed by atoms with Crippen LogP contribution in [-0.2, 0) is 18.1 Å². The number of unbranched alkanes of at least 4 members (excludes halogenated alkanes) is 15. The van der Waals surface area contributed by atoms with Crippen molar-refractivity contribution in [3.05, 3.63) is 0 Å². The molecule has 2 aliphatic heterocycles. The molecule has 0 amide bonds. The molecule has 190 valence electrons. The molecule has 2 bridgehead atoms. The Morgan fingerprint density at radius 3 is 1.81 bits per heavy atom. The number of quaternary nitrogens is 1. The molecule has 2 rings (SSSR count). The first-order valence-electron chi connectivity index (χ1n) is 13.9. The predicted octanol–water partition coefficient (Wildman–Crippen LogP) is 8.37. The number of phosphoric acid groups is 1. The quantitative estimate of drug-likeness (QED) is 0.114. The van der Waals surface area contributed by atoms with Gasteiger partial charge in [0.15, 0.2) is 0 Å². The van der Waals surface area contributed by atoms with Gasteiger partial charge in [-0.2, -0.15) is 0 Å². The van der Waals surface area contributed by atoms with E-state index in [-0.39, 0.29) is 12.3 Å². The van der Waals surface area contributed by atoms with Gasteiger partial charge in [-0.05, 0) is 19.3 Å². The minimum Gasteiger partial charge on any atom is -0.303 e. The monoisotopic (exact) mass is 474 g/mol. The molecule has 0 saturated carbocycles. The van der Waals surface area contributed by atoms with Crippen molar-refractivity contribution in [3.8, 4) is 0 Å². The summed E-state index contributed by atoms with van der Waals surface area (Å²) >= 11 is 0. The van der Waals surface area contributed by atoms with E-state index in [0.717, 1.165) is 43.1 Å². The van der Waals surface area contributed by atoms with Crippen LogP contribution >= 0.6 is 7.82 Å². The van der Waals surface area contributed by atoms with Crippen molar-refractivity contribution in [1.29, 1.82) is 0 Å². The van der Waals surface area contributed by atoms with E-state index in [2.05, 4.69) is 21.0 Å². The number of hydrogen-bond acceptors (Lipinski definition) is 4. The first-order valence-corrected chi connectivity index (χ1v) is 15.4. The van der Waals surface area contributed by atoms with Crippen LogP contribution in [0.1, 0.15) is 129 Å². The molecule has 3 atom stereocenters. The maximum atomic E-state index is 13.0. The van der Waals surface area contributed by atoms with Gasteiger partial charge in [-0.25, -0.2) is 9.09 Å². The molecule has 0 radical (unpaired) electrons. The summed E-state index contributed by atoms with van der Waals surface area (Å²) in [7, 11) is 0.898. The maximum Gasteiger partial charge on any atom is 0.479 e. The third kappa shape index (κ3) is 11.5. The summed E-state index contributed by atoms with van der Waals surface area (Å²) in [5.41, 5.74) is 0. The van der Waals surface area contributed by atoms with Crippen LogP contribution in [0, 0.1) is 0 Å². The second kappa shape index (κ2) is 15.9. The van der Waals surface area contributed by atoms with Crippen LogP contribution in [0.15, 0.2) is 0 Å². The van der Waals surface area contributed by atoms with Gasteiger partial charge in [-0.3, -0.25) is 9.05 Å². The highest BCUT2D eigenvalue weighted by Gasteiger charge is 2.48. The number of nitrogens with zero attached hydrogens (tertiary/aromatic N) is 1. The Hall–Kier alpha value is 0.0700. The smallest absolute Gasteiger partial charge is 0.303 e.